The van der Waals surface area contributed by atoms with Crippen LogP contribution in [0.2, 0.25) is 25.1 Å². The molecular weight excluding hydrogens is 363 g/mol. The maximum atomic E-state index is 12.1. The first-order valence-corrected chi connectivity index (χ1v) is 7.18. The van der Waals surface area contributed by atoms with E-state index in [-0.39, 0.29) is 20.8 Å². The minimum atomic E-state index is -0.408. The van der Waals surface area contributed by atoms with Crippen LogP contribution in [0, 0.1) is 0 Å². The lowest BCUT2D eigenvalue weighted by atomic mass is 10.2. The average Bonchev–Trinajstić information content (AvgIpc) is 2.36. The lowest BCUT2D eigenvalue weighted by Crippen LogP contribution is -2.12. The van der Waals surface area contributed by atoms with Crippen molar-refractivity contribution in [2.24, 2.45) is 0 Å². The molecule has 0 fully saturated rings. The highest BCUT2D eigenvalue weighted by atomic mass is 35.5. The highest BCUT2D eigenvalue weighted by Gasteiger charge is 2.13. The summed E-state index contributed by atoms with van der Waals surface area (Å²) in [4.78, 5) is 12.1. The van der Waals surface area contributed by atoms with E-state index in [1.807, 2.05) is 0 Å². The number of rotatable bonds is 2. The molecule has 0 spiro atoms. The topological polar surface area (TPSA) is 29.1 Å². The van der Waals surface area contributed by atoms with Gasteiger partial charge in [-0.3, -0.25) is 4.79 Å². The first kappa shape index (κ1) is 15.7. The van der Waals surface area contributed by atoms with Crippen LogP contribution in [0.25, 0.3) is 0 Å². The van der Waals surface area contributed by atoms with Crippen LogP contribution in [0.5, 0.6) is 0 Å². The summed E-state index contributed by atoms with van der Waals surface area (Å²) in [6.07, 6.45) is 0. The molecule has 104 valence electrons. The average molecular weight is 369 g/mol. The van der Waals surface area contributed by atoms with Crippen molar-refractivity contribution in [1.82, 2.24) is 0 Å². The minimum absolute atomic E-state index is 0.246. The quantitative estimate of drug-likeness (QED) is 0.670. The Morgan fingerprint density at radius 1 is 0.800 bits per heavy atom. The largest absolute Gasteiger partial charge is 0.319 e. The number of benzene rings is 2. The van der Waals surface area contributed by atoms with Gasteiger partial charge in [-0.15, -0.1) is 0 Å². The van der Waals surface area contributed by atoms with Gasteiger partial charge in [0.2, 0.25) is 0 Å². The minimum Gasteiger partial charge on any atom is -0.319 e. The van der Waals surface area contributed by atoms with E-state index in [0.717, 1.165) is 0 Å². The van der Waals surface area contributed by atoms with E-state index < -0.39 is 5.91 Å². The molecule has 2 nitrogen and oxygen atoms in total. The first-order valence-electron chi connectivity index (χ1n) is 5.29. The second-order valence-corrected chi connectivity index (χ2v) is 5.89. The van der Waals surface area contributed by atoms with Crippen LogP contribution in [0.3, 0.4) is 0 Å². The van der Waals surface area contributed by atoms with Gasteiger partial charge in [0.1, 0.15) is 0 Å². The fourth-order valence-corrected chi connectivity index (χ4v) is 2.69. The van der Waals surface area contributed by atoms with Gasteiger partial charge in [0, 0.05) is 10.6 Å². The van der Waals surface area contributed by atoms with Gasteiger partial charge >= 0.3 is 0 Å². The Kier molecular flexibility index (Phi) is 5.05. The molecule has 2 rings (SSSR count). The third-order valence-corrected chi connectivity index (χ3v) is 3.98. The maximum Gasteiger partial charge on any atom is 0.255 e. The summed E-state index contributed by atoms with van der Waals surface area (Å²) in [6.45, 7) is 0. The molecule has 0 unspecified atom stereocenters. The van der Waals surface area contributed by atoms with Gasteiger partial charge in [0.05, 0.1) is 25.8 Å². The van der Waals surface area contributed by atoms with Gasteiger partial charge in [0.25, 0.3) is 5.91 Å². The SMILES string of the molecule is O=C(Nc1c(Cl)cc(Cl)cc1Cl)c1ccc(Cl)c(Cl)c1. The summed E-state index contributed by atoms with van der Waals surface area (Å²) >= 11 is 29.4. The van der Waals surface area contributed by atoms with Gasteiger partial charge in [0.15, 0.2) is 0 Å². The third kappa shape index (κ3) is 3.51. The van der Waals surface area contributed by atoms with E-state index in [1.165, 1.54) is 24.3 Å². The Balaban J connectivity index is 2.30. The summed E-state index contributed by atoms with van der Waals surface area (Å²) in [6, 6.07) is 7.50. The van der Waals surface area contributed by atoms with Gasteiger partial charge in [-0.2, -0.15) is 0 Å². The maximum absolute atomic E-state index is 12.1. The van der Waals surface area contributed by atoms with E-state index in [2.05, 4.69) is 5.32 Å². The van der Waals surface area contributed by atoms with Crippen LogP contribution >= 0.6 is 58.0 Å². The van der Waals surface area contributed by atoms with Crippen LogP contribution in [0.4, 0.5) is 5.69 Å². The fourth-order valence-electron chi connectivity index (χ4n) is 1.48. The van der Waals surface area contributed by atoms with Crippen molar-refractivity contribution in [1.29, 1.82) is 0 Å². The number of anilines is 1. The van der Waals surface area contributed by atoms with Crippen molar-refractivity contribution in [3.05, 3.63) is 61.0 Å². The second kappa shape index (κ2) is 6.42. The molecule has 0 aliphatic heterocycles. The highest BCUT2D eigenvalue weighted by Crippen LogP contribution is 2.34. The zero-order valence-corrected chi connectivity index (χ0v) is 13.5. The number of halogens is 5. The van der Waals surface area contributed by atoms with Crippen LogP contribution in [-0.2, 0) is 0 Å². The predicted molar refractivity (Wildman–Crippen MR) is 85.9 cm³/mol. The van der Waals surface area contributed by atoms with Crippen molar-refractivity contribution in [3.8, 4) is 0 Å². The van der Waals surface area contributed by atoms with Crippen LogP contribution < -0.4 is 5.32 Å². The molecule has 0 radical (unpaired) electrons. The molecule has 0 atom stereocenters. The number of amides is 1. The predicted octanol–water partition coefficient (Wildman–Crippen LogP) is 6.21. The lowest BCUT2D eigenvalue weighted by molar-refractivity contribution is 0.102. The molecule has 0 saturated heterocycles. The Hall–Kier alpha value is -0.640. The number of carbonyl (C=O) groups is 1. The Morgan fingerprint density at radius 3 is 1.95 bits per heavy atom. The summed E-state index contributed by atoms with van der Waals surface area (Å²) in [5.74, 6) is -0.408. The van der Waals surface area contributed by atoms with E-state index in [9.17, 15) is 4.79 Å². The van der Waals surface area contributed by atoms with E-state index in [0.29, 0.717) is 15.6 Å². The fraction of sp³-hybridized carbons (Fsp3) is 0. The van der Waals surface area contributed by atoms with Crippen LogP contribution in [-0.4, -0.2) is 5.91 Å². The summed E-state index contributed by atoms with van der Waals surface area (Å²) in [5.41, 5.74) is 0.621. The van der Waals surface area contributed by atoms with Crippen LogP contribution in [0.1, 0.15) is 10.4 Å². The molecule has 20 heavy (non-hydrogen) atoms. The Bertz CT molecular complexity index is 663. The molecule has 0 heterocycles. The number of nitrogens with one attached hydrogen (secondary N) is 1. The van der Waals surface area contributed by atoms with E-state index in [1.54, 1.807) is 6.07 Å². The molecule has 1 N–H and O–H groups in total. The highest BCUT2D eigenvalue weighted by molar-refractivity contribution is 6.43. The normalized spacial score (nSPS) is 10.4. The first-order chi connectivity index (χ1) is 9.38. The number of hydrogen-bond donors (Lipinski definition) is 1. The van der Waals surface area contributed by atoms with Gasteiger partial charge < -0.3 is 5.32 Å². The molecule has 0 aromatic heterocycles. The molecule has 0 saturated carbocycles. The molecule has 2 aromatic carbocycles. The second-order valence-electron chi connectivity index (χ2n) is 3.83. The number of hydrogen-bond acceptors (Lipinski definition) is 1. The third-order valence-electron chi connectivity index (χ3n) is 2.43. The van der Waals surface area contributed by atoms with Crippen molar-refractivity contribution in [3.63, 3.8) is 0 Å². The Labute approximate surface area is 140 Å². The molecule has 2 aromatic rings. The molecule has 0 aliphatic rings. The monoisotopic (exact) mass is 367 g/mol. The van der Waals surface area contributed by atoms with E-state index in [4.69, 9.17) is 58.0 Å². The smallest absolute Gasteiger partial charge is 0.255 e. The summed E-state index contributed by atoms with van der Waals surface area (Å²) in [7, 11) is 0. The van der Waals surface area contributed by atoms with Crippen LogP contribution in [0.15, 0.2) is 30.3 Å². The zero-order valence-electron chi connectivity index (χ0n) is 9.68. The van der Waals surface area contributed by atoms with Gasteiger partial charge in [-0.25, -0.2) is 0 Å². The summed E-state index contributed by atoms with van der Waals surface area (Å²) in [5, 5.41) is 4.13. The van der Waals surface area contributed by atoms with Crippen molar-refractivity contribution in [2.45, 2.75) is 0 Å². The standard InChI is InChI=1S/C13H6Cl5NO/c14-7-4-10(17)12(11(18)5-7)19-13(20)6-1-2-8(15)9(16)3-6/h1-5H,(H,19,20). The molecule has 7 heteroatoms. The van der Waals surface area contributed by atoms with Gasteiger partial charge in [-0.1, -0.05) is 58.0 Å². The molecule has 0 aliphatic carbocycles. The lowest BCUT2D eigenvalue weighted by Gasteiger charge is -2.10. The van der Waals surface area contributed by atoms with Crippen molar-refractivity contribution >= 4 is 69.6 Å². The summed E-state index contributed by atoms with van der Waals surface area (Å²) < 4.78 is 0. The van der Waals surface area contributed by atoms with Crippen molar-refractivity contribution in [2.75, 3.05) is 5.32 Å². The Morgan fingerprint density at radius 2 is 1.40 bits per heavy atom. The van der Waals surface area contributed by atoms with Gasteiger partial charge in [-0.05, 0) is 30.3 Å². The molecular formula is C13H6Cl5NO. The molecule has 1 amide bonds. The van der Waals surface area contributed by atoms with E-state index >= 15 is 0 Å². The zero-order chi connectivity index (χ0) is 14.9. The molecule has 0 bridgehead atoms. The number of carbonyl (C=O) groups excluding carboxylic acids is 1. The van der Waals surface area contributed by atoms with Crippen molar-refractivity contribution < 1.29 is 4.79 Å².